The number of hydrogen-bond donors (Lipinski definition) is 0. The summed E-state index contributed by atoms with van der Waals surface area (Å²) in [7, 11) is 0. The fourth-order valence-corrected chi connectivity index (χ4v) is 0.988. The highest BCUT2D eigenvalue weighted by atomic mass is 16.5. The molecule has 0 N–H and O–H groups in total. The lowest BCUT2D eigenvalue weighted by Crippen LogP contribution is -2.11. The van der Waals surface area contributed by atoms with Gasteiger partial charge in [0.05, 0.1) is 12.5 Å². The van der Waals surface area contributed by atoms with E-state index in [1.165, 1.54) is 0 Å². The zero-order valence-corrected chi connectivity index (χ0v) is 9.40. The monoisotopic (exact) mass is 206 g/mol. The largest absolute Gasteiger partial charge is 0.463 e. The summed E-state index contributed by atoms with van der Waals surface area (Å²) in [4.78, 5) is 11.3. The van der Waals surface area contributed by atoms with Gasteiger partial charge in [-0.2, -0.15) is 0 Å². The number of ether oxygens (including phenoxy) is 1. The third kappa shape index (κ3) is 7.50. The molecule has 0 saturated carbocycles. The maximum atomic E-state index is 11.3. The van der Waals surface area contributed by atoms with Gasteiger partial charge in [-0.1, -0.05) is 43.5 Å². The number of carbonyl (C=O) groups excluding carboxylic acids is 1. The van der Waals surface area contributed by atoms with Crippen LogP contribution in [-0.2, 0) is 9.53 Å². The van der Waals surface area contributed by atoms with E-state index in [0.717, 1.165) is 5.57 Å². The smallest absolute Gasteiger partial charge is 0.310 e. The first-order valence-corrected chi connectivity index (χ1v) is 4.90. The Bertz CT molecular complexity index is 283. The molecule has 2 nitrogen and oxygen atoms in total. The fourth-order valence-electron chi connectivity index (χ4n) is 0.988. The van der Waals surface area contributed by atoms with Gasteiger partial charge in [-0.25, -0.2) is 0 Å². The van der Waals surface area contributed by atoms with Crippen LogP contribution in [0.3, 0.4) is 0 Å². The number of hydrogen-bond acceptors (Lipinski definition) is 2. The van der Waals surface area contributed by atoms with Gasteiger partial charge in [-0.3, -0.25) is 4.79 Å². The van der Waals surface area contributed by atoms with Crippen LogP contribution in [0, 0.1) is 0 Å². The van der Waals surface area contributed by atoms with E-state index in [9.17, 15) is 4.79 Å². The first-order valence-electron chi connectivity index (χ1n) is 4.90. The average Bonchev–Trinajstić information content (AvgIpc) is 2.13. The summed E-state index contributed by atoms with van der Waals surface area (Å²) in [5.74, 6) is -0.230. The van der Waals surface area contributed by atoms with Gasteiger partial charge in [-0.15, -0.1) is 0 Å². The summed E-state index contributed by atoms with van der Waals surface area (Å²) in [6.45, 7) is 10.8. The minimum absolute atomic E-state index is 0.0779. The lowest BCUT2D eigenvalue weighted by molar-refractivity contribution is -0.146. The van der Waals surface area contributed by atoms with Crippen LogP contribution in [0.1, 0.15) is 20.3 Å². The minimum atomic E-state index is -0.230. The van der Waals surface area contributed by atoms with Crippen LogP contribution >= 0.6 is 0 Å². The Kier molecular flexibility index (Phi) is 6.98. The molecule has 0 amide bonds. The van der Waals surface area contributed by atoms with E-state index >= 15 is 0 Å². The van der Waals surface area contributed by atoms with Crippen LogP contribution in [0.5, 0.6) is 0 Å². The van der Waals surface area contributed by atoms with E-state index in [1.54, 1.807) is 24.3 Å². The van der Waals surface area contributed by atoms with Gasteiger partial charge >= 0.3 is 5.97 Å². The Morgan fingerprint density at radius 3 is 2.47 bits per heavy atom. The van der Waals surface area contributed by atoms with Crippen molar-refractivity contribution >= 4 is 5.97 Å². The lowest BCUT2D eigenvalue weighted by Gasteiger charge is -2.07. The number of allylic oxidation sites excluding steroid dienone is 5. The van der Waals surface area contributed by atoms with Gasteiger partial charge in [0.15, 0.2) is 0 Å². The molecule has 15 heavy (non-hydrogen) atoms. The van der Waals surface area contributed by atoms with E-state index in [0.29, 0.717) is 0 Å². The van der Waals surface area contributed by atoms with Crippen molar-refractivity contribution in [1.82, 2.24) is 0 Å². The van der Waals surface area contributed by atoms with Crippen molar-refractivity contribution in [3.63, 3.8) is 0 Å². The molecule has 0 spiro atoms. The molecule has 0 atom stereocenters. The summed E-state index contributed by atoms with van der Waals surface area (Å²) < 4.78 is 5.03. The maximum absolute atomic E-state index is 11.3. The molecule has 0 aliphatic carbocycles. The molecule has 82 valence electrons. The van der Waals surface area contributed by atoms with Crippen molar-refractivity contribution in [2.75, 3.05) is 0 Å². The first kappa shape index (κ1) is 13.4. The van der Waals surface area contributed by atoms with Crippen molar-refractivity contribution in [3.8, 4) is 0 Å². The van der Waals surface area contributed by atoms with Gasteiger partial charge in [0, 0.05) is 0 Å². The van der Waals surface area contributed by atoms with Crippen molar-refractivity contribution in [1.29, 1.82) is 0 Å². The molecular weight excluding hydrogens is 188 g/mol. The van der Waals surface area contributed by atoms with Crippen molar-refractivity contribution in [2.45, 2.75) is 26.4 Å². The highest BCUT2D eigenvalue weighted by Gasteiger charge is 2.06. The lowest BCUT2D eigenvalue weighted by atomic mass is 10.1. The molecule has 0 aromatic heterocycles. The quantitative estimate of drug-likeness (QED) is 0.493. The van der Waals surface area contributed by atoms with E-state index in [4.69, 9.17) is 4.74 Å². The number of carbonyl (C=O) groups is 1. The molecule has 0 fully saturated rings. The standard InChI is InChI=1S/C13H18O2/c1-5-7-9-12(8-6-2)10-13(14)15-11(3)4/h5-9,11H,1-2,10H2,3-4H3/b9-7-,12-8+. The van der Waals surface area contributed by atoms with Gasteiger partial charge in [-0.05, 0) is 19.4 Å². The van der Waals surface area contributed by atoms with Crippen LogP contribution in [0.25, 0.3) is 0 Å². The Morgan fingerprint density at radius 2 is 2.00 bits per heavy atom. The zero-order chi connectivity index (χ0) is 11.7. The predicted octanol–water partition coefficient (Wildman–Crippen LogP) is 3.18. The van der Waals surface area contributed by atoms with Crippen LogP contribution in [0.2, 0.25) is 0 Å². The van der Waals surface area contributed by atoms with Crippen LogP contribution < -0.4 is 0 Å². The van der Waals surface area contributed by atoms with Gasteiger partial charge < -0.3 is 4.74 Å². The topological polar surface area (TPSA) is 26.3 Å². The highest BCUT2D eigenvalue weighted by Crippen LogP contribution is 2.07. The minimum Gasteiger partial charge on any atom is -0.463 e. The third-order valence-corrected chi connectivity index (χ3v) is 1.49. The molecule has 0 rings (SSSR count). The second kappa shape index (κ2) is 7.80. The Hall–Kier alpha value is -1.57. The Labute approximate surface area is 91.6 Å². The fraction of sp³-hybridized carbons (Fsp3) is 0.308. The molecule has 0 unspecified atom stereocenters. The van der Waals surface area contributed by atoms with Gasteiger partial charge in [0.2, 0.25) is 0 Å². The molecule has 0 aromatic carbocycles. The van der Waals surface area contributed by atoms with Crippen molar-refractivity contribution in [3.05, 3.63) is 49.1 Å². The highest BCUT2D eigenvalue weighted by molar-refractivity contribution is 5.73. The molecule has 0 heterocycles. The van der Waals surface area contributed by atoms with Gasteiger partial charge in [0.1, 0.15) is 0 Å². The van der Waals surface area contributed by atoms with E-state index in [2.05, 4.69) is 13.2 Å². The predicted molar refractivity (Wildman–Crippen MR) is 63.5 cm³/mol. The Morgan fingerprint density at radius 1 is 1.33 bits per heavy atom. The van der Waals surface area contributed by atoms with Crippen molar-refractivity contribution < 1.29 is 9.53 Å². The molecule has 0 bridgehead atoms. The normalized spacial score (nSPS) is 11.8. The second-order valence-electron chi connectivity index (χ2n) is 3.29. The number of esters is 1. The average molecular weight is 206 g/mol. The van der Waals surface area contributed by atoms with E-state index < -0.39 is 0 Å². The number of rotatable bonds is 6. The maximum Gasteiger partial charge on any atom is 0.310 e. The van der Waals surface area contributed by atoms with E-state index in [-0.39, 0.29) is 18.5 Å². The SMILES string of the molecule is C=C/C=C\C(=C/C=C)CC(=O)OC(C)C. The van der Waals surface area contributed by atoms with Crippen molar-refractivity contribution in [2.24, 2.45) is 0 Å². The molecule has 0 aliphatic rings. The molecule has 0 radical (unpaired) electrons. The third-order valence-electron chi connectivity index (χ3n) is 1.49. The summed E-state index contributed by atoms with van der Waals surface area (Å²) in [5.41, 5.74) is 0.857. The molecule has 0 aromatic rings. The second-order valence-corrected chi connectivity index (χ2v) is 3.29. The van der Waals surface area contributed by atoms with Crippen LogP contribution in [0.4, 0.5) is 0 Å². The molecular formula is C13H18O2. The molecule has 2 heteroatoms. The zero-order valence-electron chi connectivity index (χ0n) is 9.40. The van der Waals surface area contributed by atoms with Crippen LogP contribution in [-0.4, -0.2) is 12.1 Å². The summed E-state index contributed by atoms with van der Waals surface area (Å²) in [6.07, 6.45) is 8.85. The summed E-state index contributed by atoms with van der Waals surface area (Å²) >= 11 is 0. The molecule has 0 saturated heterocycles. The molecule has 0 aliphatic heterocycles. The summed E-state index contributed by atoms with van der Waals surface area (Å²) in [5, 5.41) is 0. The summed E-state index contributed by atoms with van der Waals surface area (Å²) in [6, 6.07) is 0. The van der Waals surface area contributed by atoms with E-state index in [1.807, 2.05) is 19.9 Å². The Balaban J connectivity index is 4.35. The van der Waals surface area contributed by atoms with Crippen LogP contribution in [0.15, 0.2) is 49.1 Å². The first-order chi connectivity index (χ1) is 7.10. The van der Waals surface area contributed by atoms with Gasteiger partial charge in [0.25, 0.3) is 0 Å².